The number of rotatable bonds is 6. The summed E-state index contributed by atoms with van der Waals surface area (Å²) < 4.78 is 26.7. The van der Waals surface area contributed by atoms with Crippen LogP contribution in [0.25, 0.3) is 0 Å². The molecule has 0 aliphatic heterocycles. The monoisotopic (exact) mass is 325 g/mol. The lowest BCUT2D eigenvalue weighted by Gasteiger charge is -2.08. The van der Waals surface area contributed by atoms with Gasteiger partial charge in [0.25, 0.3) is 0 Å². The summed E-state index contributed by atoms with van der Waals surface area (Å²) in [6.07, 6.45) is 2.56. The quantitative estimate of drug-likeness (QED) is 0.776. The third kappa shape index (κ3) is 4.01. The molecule has 1 heterocycles. The zero-order valence-corrected chi connectivity index (χ0v) is 12.4. The SMILES string of the molecule is N#Cc1ccc(S(=O)(=O)NCCCc2ncn[nH]2)c(Cl)c1. The average Bonchev–Trinajstić information content (AvgIpc) is 2.96. The predicted octanol–water partition coefficient (Wildman–Crippen LogP) is 1.24. The molecule has 0 radical (unpaired) electrons. The number of aromatic nitrogens is 3. The Kier molecular flexibility index (Phi) is 4.90. The maximum Gasteiger partial charge on any atom is 0.242 e. The molecule has 21 heavy (non-hydrogen) atoms. The first-order chi connectivity index (χ1) is 10.0. The van der Waals surface area contributed by atoms with Crippen molar-refractivity contribution in [1.82, 2.24) is 19.9 Å². The second-order valence-electron chi connectivity index (χ2n) is 4.19. The number of hydrogen-bond donors (Lipinski definition) is 2. The highest BCUT2D eigenvalue weighted by Gasteiger charge is 2.17. The van der Waals surface area contributed by atoms with Gasteiger partial charge in [0.05, 0.1) is 16.7 Å². The van der Waals surface area contributed by atoms with Crippen LogP contribution in [0.4, 0.5) is 0 Å². The number of H-pyrrole nitrogens is 1. The van der Waals surface area contributed by atoms with Gasteiger partial charge in [0, 0.05) is 13.0 Å². The van der Waals surface area contributed by atoms with Crippen molar-refractivity contribution in [1.29, 1.82) is 5.26 Å². The molecule has 0 spiro atoms. The molecule has 1 aromatic carbocycles. The number of nitrogens with zero attached hydrogens (tertiary/aromatic N) is 3. The van der Waals surface area contributed by atoms with Crippen LogP contribution >= 0.6 is 11.6 Å². The van der Waals surface area contributed by atoms with E-state index in [1.807, 2.05) is 6.07 Å². The molecule has 0 saturated heterocycles. The Morgan fingerprint density at radius 3 is 2.86 bits per heavy atom. The summed E-state index contributed by atoms with van der Waals surface area (Å²) in [4.78, 5) is 3.91. The van der Waals surface area contributed by atoms with E-state index in [-0.39, 0.29) is 16.5 Å². The second-order valence-corrected chi connectivity index (χ2v) is 6.33. The minimum Gasteiger partial charge on any atom is -0.263 e. The maximum absolute atomic E-state index is 12.1. The van der Waals surface area contributed by atoms with Crippen LogP contribution in [-0.4, -0.2) is 30.1 Å². The number of nitriles is 1. The van der Waals surface area contributed by atoms with Crippen LogP contribution in [0.2, 0.25) is 5.02 Å². The van der Waals surface area contributed by atoms with E-state index in [1.165, 1.54) is 24.5 Å². The summed E-state index contributed by atoms with van der Waals surface area (Å²) in [7, 11) is -3.69. The Morgan fingerprint density at radius 1 is 1.43 bits per heavy atom. The standard InChI is InChI=1S/C12H12ClN5O2S/c13-10-6-9(7-14)3-4-11(10)21(19,20)17-5-1-2-12-15-8-16-18-12/h3-4,6,8,17H,1-2,5H2,(H,15,16,18). The molecule has 9 heteroatoms. The van der Waals surface area contributed by atoms with E-state index in [0.717, 1.165) is 0 Å². The molecule has 110 valence electrons. The van der Waals surface area contributed by atoms with Gasteiger partial charge in [0.1, 0.15) is 17.0 Å². The normalized spacial score (nSPS) is 11.2. The van der Waals surface area contributed by atoms with E-state index in [2.05, 4.69) is 19.9 Å². The predicted molar refractivity (Wildman–Crippen MR) is 76.1 cm³/mol. The first-order valence-corrected chi connectivity index (χ1v) is 7.92. The number of aryl methyl sites for hydroxylation is 1. The Hall–Kier alpha value is -1.95. The minimum absolute atomic E-state index is 0.0248. The zero-order valence-electron chi connectivity index (χ0n) is 10.9. The van der Waals surface area contributed by atoms with Crippen LogP contribution in [0.1, 0.15) is 17.8 Å². The van der Waals surface area contributed by atoms with Crippen LogP contribution in [-0.2, 0) is 16.4 Å². The largest absolute Gasteiger partial charge is 0.263 e. The van der Waals surface area contributed by atoms with Crippen molar-refractivity contribution in [3.05, 3.63) is 40.9 Å². The molecule has 0 atom stereocenters. The molecule has 2 aromatic rings. The van der Waals surface area contributed by atoms with Gasteiger partial charge in [-0.3, -0.25) is 5.10 Å². The van der Waals surface area contributed by atoms with Crippen molar-refractivity contribution in [2.75, 3.05) is 6.54 Å². The number of aromatic amines is 1. The lowest BCUT2D eigenvalue weighted by atomic mass is 10.2. The lowest BCUT2D eigenvalue weighted by molar-refractivity contribution is 0.578. The van der Waals surface area contributed by atoms with Gasteiger partial charge in [-0.15, -0.1) is 0 Å². The summed E-state index contributed by atoms with van der Waals surface area (Å²) >= 11 is 5.89. The fourth-order valence-corrected chi connectivity index (χ4v) is 3.30. The van der Waals surface area contributed by atoms with Crippen molar-refractivity contribution in [2.24, 2.45) is 0 Å². The van der Waals surface area contributed by atoms with Crippen LogP contribution in [0.3, 0.4) is 0 Å². The molecular formula is C12H12ClN5O2S. The van der Waals surface area contributed by atoms with Crippen LogP contribution in [0.15, 0.2) is 29.4 Å². The van der Waals surface area contributed by atoms with Crippen LogP contribution in [0.5, 0.6) is 0 Å². The van der Waals surface area contributed by atoms with Gasteiger partial charge in [-0.05, 0) is 24.6 Å². The molecule has 0 amide bonds. The van der Waals surface area contributed by atoms with Gasteiger partial charge in [-0.1, -0.05) is 11.6 Å². The number of nitrogens with one attached hydrogen (secondary N) is 2. The molecule has 0 aliphatic rings. The first kappa shape index (κ1) is 15.4. The summed E-state index contributed by atoms with van der Waals surface area (Å²) in [6, 6.07) is 5.95. The first-order valence-electron chi connectivity index (χ1n) is 6.06. The molecule has 7 nitrogen and oxygen atoms in total. The van der Waals surface area contributed by atoms with Gasteiger partial charge < -0.3 is 0 Å². The van der Waals surface area contributed by atoms with Crippen LogP contribution in [0, 0.1) is 11.3 Å². The number of benzene rings is 1. The van der Waals surface area contributed by atoms with Crippen molar-refractivity contribution in [3.63, 3.8) is 0 Å². The summed E-state index contributed by atoms with van der Waals surface area (Å²) in [6.45, 7) is 0.249. The fourth-order valence-electron chi connectivity index (χ4n) is 1.68. The highest BCUT2D eigenvalue weighted by Crippen LogP contribution is 2.22. The van der Waals surface area contributed by atoms with E-state index in [4.69, 9.17) is 16.9 Å². The molecule has 0 fully saturated rings. The number of hydrogen-bond acceptors (Lipinski definition) is 5. The topological polar surface area (TPSA) is 112 Å². The molecule has 0 unspecified atom stereocenters. The van der Waals surface area contributed by atoms with Crippen molar-refractivity contribution < 1.29 is 8.42 Å². The van der Waals surface area contributed by atoms with Gasteiger partial charge in [-0.2, -0.15) is 10.4 Å². The van der Waals surface area contributed by atoms with E-state index in [0.29, 0.717) is 24.2 Å². The number of sulfonamides is 1. The Labute approximate surface area is 127 Å². The average molecular weight is 326 g/mol. The van der Waals surface area contributed by atoms with E-state index in [1.54, 1.807) is 0 Å². The Morgan fingerprint density at radius 2 is 2.24 bits per heavy atom. The fraction of sp³-hybridized carbons (Fsp3) is 0.250. The third-order valence-corrected chi connectivity index (χ3v) is 4.64. The van der Waals surface area contributed by atoms with Gasteiger partial charge in [0.2, 0.25) is 10.0 Å². The summed E-state index contributed by atoms with van der Waals surface area (Å²) in [5.74, 6) is 0.700. The Bertz CT molecular complexity index is 752. The smallest absolute Gasteiger partial charge is 0.242 e. The third-order valence-electron chi connectivity index (χ3n) is 2.70. The molecule has 0 saturated carbocycles. The molecule has 1 aromatic heterocycles. The van der Waals surface area contributed by atoms with Crippen molar-refractivity contribution in [3.8, 4) is 6.07 Å². The summed E-state index contributed by atoms with van der Waals surface area (Å²) in [5, 5.41) is 15.2. The number of halogens is 1. The molecule has 2 N–H and O–H groups in total. The lowest BCUT2D eigenvalue weighted by Crippen LogP contribution is -2.25. The van der Waals surface area contributed by atoms with E-state index < -0.39 is 10.0 Å². The highest BCUT2D eigenvalue weighted by molar-refractivity contribution is 7.89. The van der Waals surface area contributed by atoms with E-state index in [9.17, 15) is 8.42 Å². The zero-order chi connectivity index (χ0) is 15.3. The molecule has 0 aliphatic carbocycles. The van der Waals surface area contributed by atoms with Gasteiger partial charge >= 0.3 is 0 Å². The Balaban J connectivity index is 1.97. The second kappa shape index (κ2) is 6.67. The van der Waals surface area contributed by atoms with Gasteiger partial charge in [0.15, 0.2) is 0 Å². The van der Waals surface area contributed by atoms with Crippen molar-refractivity contribution >= 4 is 21.6 Å². The molecular weight excluding hydrogens is 314 g/mol. The molecule has 2 rings (SSSR count). The molecule has 0 bridgehead atoms. The van der Waals surface area contributed by atoms with Crippen molar-refractivity contribution in [2.45, 2.75) is 17.7 Å². The van der Waals surface area contributed by atoms with Gasteiger partial charge in [-0.25, -0.2) is 18.1 Å². The minimum atomic E-state index is -3.69. The highest BCUT2D eigenvalue weighted by atomic mass is 35.5. The van der Waals surface area contributed by atoms with Crippen LogP contribution < -0.4 is 4.72 Å². The van der Waals surface area contributed by atoms with E-state index >= 15 is 0 Å². The maximum atomic E-state index is 12.1. The summed E-state index contributed by atoms with van der Waals surface area (Å²) in [5.41, 5.74) is 0.310.